The van der Waals surface area contributed by atoms with Crippen LogP contribution in [0.25, 0.3) is 11.4 Å². The summed E-state index contributed by atoms with van der Waals surface area (Å²) in [6, 6.07) is 7.24. The lowest BCUT2D eigenvalue weighted by Gasteiger charge is -2.28. The SMILES string of the molecule is CCC(C)C(NC(=O)C1CCC1)c1nc(-c2ccc(OC)cc2)no1. The van der Waals surface area contributed by atoms with Crippen LogP contribution in [0.15, 0.2) is 28.8 Å². The lowest BCUT2D eigenvalue weighted by molar-refractivity contribution is -0.128. The summed E-state index contributed by atoms with van der Waals surface area (Å²) in [4.78, 5) is 16.9. The van der Waals surface area contributed by atoms with Gasteiger partial charge in [0.05, 0.1) is 7.11 Å². The summed E-state index contributed by atoms with van der Waals surface area (Å²) in [5, 5.41) is 7.20. The van der Waals surface area contributed by atoms with E-state index in [2.05, 4.69) is 29.3 Å². The number of methoxy groups -OCH3 is 1. The molecule has 1 fully saturated rings. The molecule has 1 aromatic heterocycles. The number of ether oxygens (including phenoxy) is 1. The third kappa shape index (κ3) is 3.83. The summed E-state index contributed by atoms with van der Waals surface area (Å²) in [6.07, 6.45) is 3.99. The van der Waals surface area contributed by atoms with E-state index in [1.54, 1.807) is 7.11 Å². The standard InChI is InChI=1S/C19H25N3O3/c1-4-12(2)16(20-18(23)14-6-5-7-14)19-21-17(22-25-19)13-8-10-15(24-3)11-9-13/h8-12,14,16H,4-7H2,1-3H3,(H,20,23). The Labute approximate surface area is 148 Å². The highest BCUT2D eigenvalue weighted by Crippen LogP contribution is 2.30. The Morgan fingerprint density at radius 1 is 1.36 bits per heavy atom. The third-order valence-corrected chi connectivity index (χ3v) is 5.04. The first-order valence-corrected chi connectivity index (χ1v) is 8.90. The molecule has 0 aliphatic heterocycles. The Bertz CT molecular complexity index is 707. The van der Waals surface area contributed by atoms with Gasteiger partial charge in [-0.05, 0) is 43.0 Å². The van der Waals surface area contributed by atoms with E-state index in [-0.39, 0.29) is 23.8 Å². The Balaban J connectivity index is 1.78. The van der Waals surface area contributed by atoms with Crippen molar-refractivity contribution in [2.75, 3.05) is 7.11 Å². The zero-order chi connectivity index (χ0) is 17.8. The Hall–Kier alpha value is -2.37. The molecule has 1 saturated carbocycles. The summed E-state index contributed by atoms with van der Waals surface area (Å²) >= 11 is 0. The molecule has 25 heavy (non-hydrogen) atoms. The second-order valence-electron chi connectivity index (χ2n) is 6.68. The minimum Gasteiger partial charge on any atom is -0.497 e. The number of benzene rings is 1. The molecule has 0 saturated heterocycles. The van der Waals surface area contributed by atoms with Gasteiger partial charge in [0.2, 0.25) is 17.6 Å². The van der Waals surface area contributed by atoms with Crippen LogP contribution in [0.3, 0.4) is 0 Å². The van der Waals surface area contributed by atoms with Gasteiger partial charge in [0.25, 0.3) is 0 Å². The summed E-state index contributed by atoms with van der Waals surface area (Å²) in [5.74, 6) is 2.21. The predicted octanol–water partition coefficient (Wildman–Crippen LogP) is 3.75. The van der Waals surface area contributed by atoms with E-state index < -0.39 is 0 Å². The molecule has 1 amide bonds. The van der Waals surface area contributed by atoms with Crippen molar-refractivity contribution in [3.8, 4) is 17.1 Å². The van der Waals surface area contributed by atoms with Crippen LogP contribution in [0.2, 0.25) is 0 Å². The van der Waals surface area contributed by atoms with Crippen molar-refractivity contribution in [1.29, 1.82) is 0 Å². The molecule has 134 valence electrons. The molecule has 1 aliphatic carbocycles. The summed E-state index contributed by atoms with van der Waals surface area (Å²) in [6.45, 7) is 4.18. The fraction of sp³-hybridized carbons (Fsp3) is 0.526. The van der Waals surface area contributed by atoms with Crippen molar-refractivity contribution in [3.63, 3.8) is 0 Å². The third-order valence-electron chi connectivity index (χ3n) is 5.04. The van der Waals surface area contributed by atoms with Crippen molar-refractivity contribution in [2.24, 2.45) is 11.8 Å². The van der Waals surface area contributed by atoms with Crippen LogP contribution < -0.4 is 10.1 Å². The molecular formula is C19H25N3O3. The summed E-state index contributed by atoms with van der Waals surface area (Å²) < 4.78 is 10.7. The van der Waals surface area contributed by atoms with Crippen molar-refractivity contribution < 1.29 is 14.1 Å². The van der Waals surface area contributed by atoms with Crippen LogP contribution in [-0.4, -0.2) is 23.2 Å². The number of amides is 1. The summed E-state index contributed by atoms with van der Waals surface area (Å²) in [5.41, 5.74) is 0.851. The Morgan fingerprint density at radius 3 is 2.64 bits per heavy atom. The van der Waals surface area contributed by atoms with Crippen LogP contribution in [0.5, 0.6) is 5.75 Å². The van der Waals surface area contributed by atoms with E-state index in [1.807, 2.05) is 24.3 Å². The first kappa shape index (κ1) is 17.5. The largest absolute Gasteiger partial charge is 0.497 e. The monoisotopic (exact) mass is 343 g/mol. The van der Waals surface area contributed by atoms with Crippen LogP contribution in [0, 0.1) is 11.8 Å². The normalized spacial score (nSPS) is 16.8. The molecule has 1 N–H and O–H groups in total. The van der Waals surface area contributed by atoms with Gasteiger partial charge in [-0.1, -0.05) is 31.8 Å². The number of hydrogen-bond donors (Lipinski definition) is 1. The zero-order valence-electron chi connectivity index (χ0n) is 15.0. The maximum absolute atomic E-state index is 12.4. The number of rotatable bonds is 7. The average Bonchev–Trinajstić information content (AvgIpc) is 3.07. The molecular weight excluding hydrogens is 318 g/mol. The number of carbonyl (C=O) groups is 1. The van der Waals surface area contributed by atoms with E-state index in [0.29, 0.717) is 11.7 Å². The molecule has 6 nitrogen and oxygen atoms in total. The van der Waals surface area contributed by atoms with Gasteiger partial charge in [0.15, 0.2) is 0 Å². The lowest BCUT2D eigenvalue weighted by Crippen LogP contribution is -2.39. The van der Waals surface area contributed by atoms with Gasteiger partial charge in [0.1, 0.15) is 11.8 Å². The molecule has 6 heteroatoms. The quantitative estimate of drug-likeness (QED) is 0.828. The van der Waals surface area contributed by atoms with Crippen LogP contribution in [0.4, 0.5) is 0 Å². The van der Waals surface area contributed by atoms with E-state index in [0.717, 1.165) is 37.0 Å². The molecule has 1 aliphatic rings. The highest BCUT2D eigenvalue weighted by atomic mass is 16.5. The van der Waals surface area contributed by atoms with Gasteiger partial charge >= 0.3 is 0 Å². The van der Waals surface area contributed by atoms with Gasteiger partial charge in [-0.2, -0.15) is 4.98 Å². The van der Waals surface area contributed by atoms with Crippen molar-refractivity contribution in [1.82, 2.24) is 15.5 Å². The average molecular weight is 343 g/mol. The number of nitrogens with one attached hydrogen (secondary N) is 1. The highest BCUT2D eigenvalue weighted by Gasteiger charge is 2.31. The first-order valence-electron chi connectivity index (χ1n) is 8.90. The van der Waals surface area contributed by atoms with Gasteiger partial charge in [-0.15, -0.1) is 0 Å². The van der Waals surface area contributed by atoms with E-state index >= 15 is 0 Å². The number of hydrogen-bond acceptors (Lipinski definition) is 5. The van der Waals surface area contributed by atoms with E-state index in [9.17, 15) is 4.79 Å². The van der Waals surface area contributed by atoms with Crippen molar-refractivity contribution >= 4 is 5.91 Å². The van der Waals surface area contributed by atoms with Crippen molar-refractivity contribution in [2.45, 2.75) is 45.6 Å². The molecule has 0 radical (unpaired) electrons. The second kappa shape index (κ2) is 7.68. The first-order chi connectivity index (χ1) is 12.1. The minimum atomic E-state index is -0.252. The molecule has 0 bridgehead atoms. The van der Waals surface area contributed by atoms with Gasteiger partial charge in [0, 0.05) is 11.5 Å². The van der Waals surface area contributed by atoms with Gasteiger partial charge in [-0.25, -0.2) is 0 Å². The molecule has 2 unspecified atom stereocenters. The molecule has 2 aromatic rings. The number of carbonyl (C=O) groups excluding carboxylic acids is 1. The number of aromatic nitrogens is 2. The zero-order valence-corrected chi connectivity index (χ0v) is 15.0. The molecule has 1 aromatic carbocycles. The van der Waals surface area contributed by atoms with Gasteiger partial charge < -0.3 is 14.6 Å². The number of nitrogens with zero attached hydrogens (tertiary/aromatic N) is 2. The van der Waals surface area contributed by atoms with Crippen molar-refractivity contribution in [3.05, 3.63) is 30.2 Å². The second-order valence-corrected chi connectivity index (χ2v) is 6.68. The summed E-state index contributed by atoms with van der Waals surface area (Å²) in [7, 11) is 1.63. The fourth-order valence-electron chi connectivity index (χ4n) is 2.84. The Morgan fingerprint density at radius 2 is 2.08 bits per heavy atom. The van der Waals surface area contributed by atoms with E-state index in [4.69, 9.17) is 9.26 Å². The smallest absolute Gasteiger partial charge is 0.249 e. The van der Waals surface area contributed by atoms with Gasteiger partial charge in [-0.3, -0.25) is 4.79 Å². The van der Waals surface area contributed by atoms with Crippen LogP contribution in [0.1, 0.15) is 51.5 Å². The Kier molecular flexibility index (Phi) is 5.36. The highest BCUT2D eigenvalue weighted by molar-refractivity contribution is 5.79. The molecule has 2 atom stereocenters. The maximum Gasteiger partial charge on any atom is 0.249 e. The molecule has 0 spiro atoms. The molecule has 3 rings (SSSR count). The molecule has 1 heterocycles. The van der Waals surface area contributed by atoms with Crippen LogP contribution in [-0.2, 0) is 4.79 Å². The topological polar surface area (TPSA) is 77.2 Å². The fourth-order valence-corrected chi connectivity index (χ4v) is 2.84. The minimum absolute atomic E-state index is 0.0979. The maximum atomic E-state index is 12.4. The predicted molar refractivity (Wildman–Crippen MR) is 94.0 cm³/mol. The van der Waals surface area contributed by atoms with Crippen LogP contribution >= 0.6 is 0 Å². The van der Waals surface area contributed by atoms with E-state index in [1.165, 1.54) is 0 Å². The lowest BCUT2D eigenvalue weighted by atomic mass is 9.84.